The smallest absolute Gasteiger partial charge is 0.296 e. The maximum atomic E-state index is 11.3. The largest absolute Gasteiger partial charge is 0.481 e. The standard InChI is InChI=1S/C13H15N3O5/c17-7-13(2-1-3-13)15-8-4-9-11(5-10(8)16(19)20)21-6-12(18)14-9/h4-5,15,17H,1-3,6-7H2,(H,14,18). The number of hydrogen-bond donors (Lipinski definition) is 3. The van der Waals surface area contributed by atoms with E-state index in [4.69, 9.17) is 4.74 Å². The third kappa shape index (κ3) is 2.38. The minimum Gasteiger partial charge on any atom is -0.481 e. The fraction of sp³-hybridized carbons (Fsp3) is 0.462. The molecule has 1 aliphatic carbocycles. The van der Waals surface area contributed by atoms with Crippen molar-refractivity contribution < 1.29 is 19.6 Å². The molecule has 1 aromatic rings. The molecule has 0 spiro atoms. The minimum absolute atomic E-state index is 0.0932. The van der Waals surface area contributed by atoms with Crippen molar-refractivity contribution in [3.05, 3.63) is 22.2 Å². The molecule has 1 amide bonds. The number of aliphatic hydroxyl groups excluding tert-OH is 1. The summed E-state index contributed by atoms with van der Waals surface area (Å²) in [4.78, 5) is 22.0. The van der Waals surface area contributed by atoms with Crippen molar-refractivity contribution >= 4 is 23.0 Å². The second-order valence-electron chi connectivity index (χ2n) is 5.38. The van der Waals surface area contributed by atoms with Crippen molar-refractivity contribution in [1.29, 1.82) is 0 Å². The van der Waals surface area contributed by atoms with E-state index in [0.29, 0.717) is 5.69 Å². The lowest BCUT2D eigenvalue weighted by atomic mass is 9.77. The van der Waals surface area contributed by atoms with Crippen LogP contribution in [-0.2, 0) is 4.79 Å². The molecule has 21 heavy (non-hydrogen) atoms. The van der Waals surface area contributed by atoms with Gasteiger partial charge in [0.05, 0.1) is 28.8 Å². The molecular formula is C13H15N3O5. The van der Waals surface area contributed by atoms with Gasteiger partial charge in [0.1, 0.15) is 5.69 Å². The van der Waals surface area contributed by atoms with Gasteiger partial charge < -0.3 is 20.5 Å². The Morgan fingerprint density at radius 3 is 2.81 bits per heavy atom. The molecule has 1 aromatic carbocycles. The number of benzene rings is 1. The van der Waals surface area contributed by atoms with Crippen LogP contribution >= 0.6 is 0 Å². The summed E-state index contributed by atoms with van der Waals surface area (Å²) >= 11 is 0. The Kier molecular flexibility index (Phi) is 3.17. The highest BCUT2D eigenvalue weighted by atomic mass is 16.6. The van der Waals surface area contributed by atoms with Gasteiger partial charge in [-0.1, -0.05) is 0 Å². The van der Waals surface area contributed by atoms with E-state index in [2.05, 4.69) is 10.6 Å². The van der Waals surface area contributed by atoms with Crippen LogP contribution in [0, 0.1) is 10.1 Å². The lowest BCUT2D eigenvalue weighted by Crippen LogP contribution is -2.48. The summed E-state index contributed by atoms with van der Waals surface area (Å²) in [6, 6.07) is 2.78. The van der Waals surface area contributed by atoms with Gasteiger partial charge in [-0.15, -0.1) is 0 Å². The number of nitro benzene ring substituents is 1. The van der Waals surface area contributed by atoms with Gasteiger partial charge in [0.25, 0.3) is 11.6 Å². The molecule has 8 nitrogen and oxygen atoms in total. The number of ether oxygens (including phenoxy) is 1. The molecule has 3 rings (SSSR count). The zero-order chi connectivity index (χ0) is 15.0. The van der Waals surface area contributed by atoms with E-state index in [1.54, 1.807) is 0 Å². The van der Waals surface area contributed by atoms with Gasteiger partial charge >= 0.3 is 0 Å². The van der Waals surface area contributed by atoms with E-state index in [-0.39, 0.29) is 36.2 Å². The summed E-state index contributed by atoms with van der Waals surface area (Å²) in [5.41, 5.74) is 0.0214. The topological polar surface area (TPSA) is 114 Å². The van der Waals surface area contributed by atoms with E-state index < -0.39 is 10.5 Å². The van der Waals surface area contributed by atoms with Crippen molar-refractivity contribution in [2.45, 2.75) is 24.8 Å². The number of anilines is 2. The Hall–Kier alpha value is -2.35. The number of fused-ring (bicyclic) bond motifs is 1. The normalized spacial score (nSPS) is 18.8. The first-order chi connectivity index (χ1) is 10.0. The molecule has 112 valence electrons. The number of nitrogens with zero attached hydrogens (tertiary/aromatic N) is 1. The van der Waals surface area contributed by atoms with Crippen LogP contribution in [0.3, 0.4) is 0 Å². The Morgan fingerprint density at radius 2 is 2.24 bits per heavy atom. The van der Waals surface area contributed by atoms with Gasteiger partial charge in [-0.3, -0.25) is 14.9 Å². The third-order valence-corrected chi connectivity index (χ3v) is 3.94. The Balaban J connectivity index is 1.99. The molecule has 1 saturated carbocycles. The van der Waals surface area contributed by atoms with Crippen LogP contribution in [-0.4, -0.2) is 34.7 Å². The maximum Gasteiger partial charge on any atom is 0.296 e. The van der Waals surface area contributed by atoms with Crippen LogP contribution in [0.15, 0.2) is 12.1 Å². The maximum absolute atomic E-state index is 11.3. The second kappa shape index (κ2) is 4.88. The first-order valence-electron chi connectivity index (χ1n) is 6.67. The van der Waals surface area contributed by atoms with Crippen LogP contribution in [0.4, 0.5) is 17.1 Å². The molecular weight excluding hydrogens is 278 g/mol. The average molecular weight is 293 g/mol. The monoisotopic (exact) mass is 293 g/mol. The fourth-order valence-electron chi connectivity index (χ4n) is 2.58. The molecule has 0 bridgehead atoms. The van der Waals surface area contributed by atoms with Crippen LogP contribution < -0.4 is 15.4 Å². The average Bonchev–Trinajstić information content (AvgIpc) is 2.41. The number of rotatable bonds is 4. The number of hydrogen-bond acceptors (Lipinski definition) is 6. The number of nitro groups is 1. The number of carbonyl (C=O) groups excluding carboxylic acids is 1. The van der Waals surface area contributed by atoms with E-state index in [9.17, 15) is 20.0 Å². The number of nitrogens with one attached hydrogen (secondary N) is 2. The van der Waals surface area contributed by atoms with Crippen molar-refractivity contribution in [2.75, 3.05) is 23.8 Å². The van der Waals surface area contributed by atoms with Gasteiger partial charge in [0, 0.05) is 0 Å². The van der Waals surface area contributed by atoms with Crippen molar-refractivity contribution in [3.63, 3.8) is 0 Å². The van der Waals surface area contributed by atoms with E-state index >= 15 is 0 Å². The molecule has 0 atom stereocenters. The Labute approximate surface area is 120 Å². The van der Waals surface area contributed by atoms with Gasteiger partial charge in [-0.2, -0.15) is 0 Å². The number of carbonyl (C=O) groups is 1. The Bertz CT molecular complexity index is 607. The zero-order valence-electron chi connectivity index (χ0n) is 11.2. The summed E-state index contributed by atoms with van der Waals surface area (Å²) in [5, 5.41) is 26.4. The lowest BCUT2D eigenvalue weighted by Gasteiger charge is -2.41. The summed E-state index contributed by atoms with van der Waals surface area (Å²) < 4.78 is 5.18. The quantitative estimate of drug-likeness (QED) is 0.568. The highest BCUT2D eigenvalue weighted by molar-refractivity contribution is 5.96. The third-order valence-electron chi connectivity index (χ3n) is 3.94. The highest BCUT2D eigenvalue weighted by Gasteiger charge is 2.38. The first-order valence-corrected chi connectivity index (χ1v) is 6.67. The van der Waals surface area contributed by atoms with Gasteiger partial charge in [0.2, 0.25) is 0 Å². The first kappa shape index (κ1) is 13.6. The number of aliphatic hydroxyl groups is 1. The molecule has 1 heterocycles. The van der Waals surface area contributed by atoms with E-state index in [1.807, 2.05) is 0 Å². The summed E-state index contributed by atoms with van der Waals surface area (Å²) in [6.07, 6.45) is 2.47. The number of amides is 1. The van der Waals surface area contributed by atoms with E-state index in [0.717, 1.165) is 19.3 Å². The van der Waals surface area contributed by atoms with Crippen molar-refractivity contribution in [1.82, 2.24) is 0 Å². The van der Waals surface area contributed by atoms with Gasteiger partial charge in [-0.05, 0) is 25.3 Å². The highest BCUT2D eigenvalue weighted by Crippen LogP contribution is 2.42. The molecule has 0 unspecified atom stereocenters. The van der Waals surface area contributed by atoms with Gasteiger partial charge in [-0.25, -0.2) is 0 Å². The second-order valence-corrected chi connectivity index (χ2v) is 5.38. The predicted molar refractivity (Wildman–Crippen MR) is 74.5 cm³/mol. The SMILES string of the molecule is O=C1COc2cc([N+](=O)[O-])c(NC3(CO)CCC3)cc2N1. The molecule has 0 radical (unpaired) electrons. The molecule has 2 aliphatic rings. The lowest BCUT2D eigenvalue weighted by molar-refractivity contribution is -0.384. The minimum atomic E-state index is -0.515. The predicted octanol–water partition coefficient (Wildman–Crippen LogP) is 1.25. The molecule has 0 saturated heterocycles. The van der Waals surface area contributed by atoms with Gasteiger partial charge in [0.15, 0.2) is 12.4 Å². The summed E-state index contributed by atoms with van der Waals surface area (Å²) in [5.74, 6) is -0.0265. The van der Waals surface area contributed by atoms with Crippen LogP contribution in [0.5, 0.6) is 5.75 Å². The van der Waals surface area contributed by atoms with Crippen molar-refractivity contribution in [2.24, 2.45) is 0 Å². The molecule has 3 N–H and O–H groups in total. The summed E-state index contributed by atoms with van der Waals surface area (Å²) in [7, 11) is 0. The molecule has 1 aliphatic heterocycles. The Morgan fingerprint density at radius 1 is 1.48 bits per heavy atom. The summed E-state index contributed by atoms with van der Waals surface area (Å²) in [6.45, 7) is -0.248. The van der Waals surface area contributed by atoms with Crippen LogP contribution in [0.25, 0.3) is 0 Å². The molecule has 0 aromatic heterocycles. The van der Waals surface area contributed by atoms with Crippen LogP contribution in [0.2, 0.25) is 0 Å². The van der Waals surface area contributed by atoms with E-state index in [1.165, 1.54) is 12.1 Å². The fourth-order valence-corrected chi connectivity index (χ4v) is 2.58. The molecule has 1 fully saturated rings. The molecule has 8 heteroatoms. The van der Waals surface area contributed by atoms with Crippen LogP contribution in [0.1, 0.15) is 19.3 Å². The zero-order valence-corrected chi connectivity index (χ0v) is 11.2. The van der Waals surface area contributed by atoms with Crippen molar-refractivity contribution in [3.8, 4) is 5.75 Å².